The Kier molecular flexibility index (Phi) is 4.88. The van der Waals surface area contributed by atoms with Gasteiger partial charge in [-0.3, -0.25) is 4.79 Å². The molecule has 5 nitrogen and oxygen atoms in total. The highest BCUT2D eigenvalue weighted by molar-refractivity contribution is 6.33. The van der Waals surface area contributed by atoms with Gasteiger partial charge in [0.25, 0.3) is 0 Å². The summed E-state index contributed by atoms with van der Waals surface area (Å²) in [5.41, 5.74) is 4.52. The van der Waals surface area contributed by atoms with Crippen molar-refractivity contribution in [2.75, 3.05) is 0 Å². The highest BCUT2D eigenvalue weighted by Crippen LogP contribution is 2.32. The predicted molar refractivity (Wildman–Crippen MR) is 109 cm³/mol. The van der Waals surface area contributed by atoms with Crippen LogP contribution in [0.1, 0.15) is 12.2 Å². The molecule has 27 heavy (non-hydrogen) atoms. The van der Waals surface area contributed by atoms with Crippen LogP contribution in [0, 0.1) is 0 Å². The van der Waals surface area contributed by atoms with Crippen LogP contribution in [0.5, 0.6) is 0 Å². The molecule has 0 atom stereocenters. The zero-order valence-corrected chi connectivity index (χ0v) is 15.7. The van der Waals surface area contributed by atoms with E-state index >= 15 is 0 Å². The topological polar surface area (TPSA) is 59.5 Å². The molecule has 136 valence electrons. The number of halogens is 2. The van der Waals surface area contributed by atoms with Crippen molar-refractivity contribution in [1.82, 2.24) is 9.99 Å². The van der Waals surface area contributed by atoms with E-state index in [1.165, 1.54) is 6.21 Å². The minimum atomic E-state index is -0.185. The van der Waals surface area contributed by atoms with Crippen molar-refractivity contribution < 1.29 is 9.21 Å². The Labute approximate surface area is 165 Å². The SMILES string of the molecule is O=C(CCn1c2ccc(Cl)cc2c2cc(Cl)ccc21)N/N=C\c1ccco1. The lowest BCUT2D eigenvalue weighted by Gasteiger charge is -2.07. The molecule has 0 aliphatic rings. The number of amides is 1. The van der Waals surface area contributed by atoms with Crippen LogP contribution >= 0.6 is 23.2 Å². The van der Waals surface area contributed by atoms with E-state index in [0.29, 0.717) is 22.4 Å². The maximum atomic E-state index is 12.1. The quantitative estimate of drug-likeness (QED) is 0.368. The van der Waals surface area contributed by atoms with Gasteiger partial charge in [0.15, 0.2) is 0 Å². The van der Waals surface area contributed by atoms with Crippen LogP contribution in [-0.4, -0.2) is 16.7 Å². The summed E-state index contributed by atoms with van der Waals surface area (Å²) in [5, 5.41) is 7.24. The molecule has 0 radical (unpaired) electrons. The maximum absolute atomic E-state index is 12.1. The van der Waals surface area contributed by atoms with Gasteiger partial charge in [0.2, 0.25) is 5.91 Å². The second-order valence-electron chi connectivity index (χ2n) is 6.03. The van der Waals surface area contributed by atoms with Crippen molar-refractivity contribution >= 4 is 57.1 Å². The van der Waals surface area contributed by atoms with E-state index in [1.54, 1.807) is 18.4 Å². The van der Waals surface area contributed by atoms with E-state index in [0.717, 1.165) is 21.8 Å². The van der Waals surface area contributed by atoms with E-state index in [1.807, 2.05) is 36.4 Å². The van der Waals surface area contributed by atoms with E-state index in [9.17, 15) is 4.79 Å². The van der Waals surface area contributed by atoms with Crippen LogP contribution < -0.4 is 5.43 Å². The summed E-state index contributed by atoms with van der Waals surface area (Å²) in [7, 11) is 0. The number of nitrogens with one attached hydrogen (secondary N) is 1. The van der Waals surface area contributed by atoms with Gasteiger partial charge in [-0.1, -0.05) is 23.2 Å². The largest absolute Gasteiger partial charge is 0.463 e. The lowest BCUT2D eigenvalue weighted by atomic mass is 10.1. The van der Waals surface area contributed by atoms with E-state index < -0.39 is 0 Å². The summed E-state index contributed by atoms with van der Waals surface area (Å²) < 4.78 is 7.21. The van der Waals surface area contributed by atoms with Gasteiger partial charge in [-0.2, -0.15) is 5.10 Å². The molecule has 2 aromatic carbocycles. The number of nitrogens with zero attached hydrogens (tertiary/aromatic N) is 2. The number of fused-ring (bicyclic) bond motifs is 3. The molecule has 0 bridgehead atoms. The number of furan rings is 1. The fourth-order valence-electron chi connectivity index (χ4n) is 3.09. The number of rotatable bonds is 5. The first-order chi connectivity index (χ1) is 13.1. The van der Waals surface area contributed by atoms with E-state index in [-0.39, 0.29) is 12.3 Å². The molecular formula is C20H15Cl2N3O2. The van der Waals surface area contributed by atoms with Gasteiger partial charge in [-0.05, 0) is 48.5 Å². The summed E-state index contributed by atoms with van der Waals surface area (Å²) in [6, 6.07) is 14.9. The molecule has 4 rings (SSSR count). The van der Waals surface area contributed by atoms with E-state index in [2.05, 4.69) is 15.1 Å². The third kappa shape index (κ3) is 3.70. The molecule has 7 heteroatoms. The minimum absolute atomic E-state index is 0.185. The monoisotopic (exact) mass is 399 g/mol. The Hall–Kier alpha value is -2.76. The average Bonchev–Trinajstić information content (AvgIpc) is 3.26. The molecule has 1 N–H and O–H groups in total. The molecule has 0 fully saturated rings. The standard InChI is InChI=1S/C20H15Cl2N3O2/c21-13-3-5-18-16(10-13)17-11-14(22)4-6-19(17)25(18)8-7-20(26)24-23-12-15-2-1-9-27-15/h1-6,9-12H,7-8H2,(H,24,26)/b23-12-. The van der Waals surface area contributed by atoms with Gasteiger partial charge < -0.3 is 8.98 Å². The first kappa shape index (κ1) is 17.6. The first-order valence-corrected chi connectivity index (χ1v) is 9.10. The number of hydrazone groups is 1. The summed E-state index contributed by atoms with van der Waals surface area (Å²) >= 11 is 12.3. The Morgan fingerprint density at radius 1 is 1.07 bits per heavy atom. The molecule has 0 saturated carbocycles. The average molecular weight is 400 g/mol. The number of hydrogen-bond acceptors (Lipinski definition) is 3. The molecule has 0 spiro atoms. The molecule has 0 aliphatic heterocycles. The van der Waals surface area contributed by atoms with Crippen LogP contribution in [0.2, 0.25) is 10.0 Å². The van der Waals surface area contributed by atoms with Crippen molar-refractivity contribution in [3.63, 3.8) is 0 Å². The predicted octanol–water partition coefficient (Wildman–Crippen LogP) is 5.23. The fourth-order valence-corrected chi connectivity index (χ4v) is 3.44. The number of benzene rings is 2. The number of aromatic nitrogens is 1. The van der Waals surface area contributed by atoms with Crippen LogP contribution in [0.25, 0.3) is 21.8 Å². The van der Waals surface area contributed by atoms with Crippen molar-refractivity contribution in [1.29, 1.82) is 0 Å². The molecule has 1 amide bonds. The van der Waals surface area contributed by atoms with Crippen LogP contribution in [0.3, 0.4) is 0 Å². The van der Waals surface area contributed by atoms with Gasteiger partial charge in [0.05, 0.1) is 12.5 Å². The molecule has 0 saturated heterocycles. The van der Waals surface area contributed by atoms with E-state index in [4.69, 9.17) is 27.6 Å². The van der Waals surface area contributed by atoms with Crippen molar-refractivity contribution in [3.05, 3.63) is 70.6 Å². The molecule has 0 unspecified atom stereocenters. The van der Waals surface area contributed by atoms with Gasteiger partial charge in [-0.15, -0.1) is 0 Å². The van der Waals surface area contributed by atoms with Gasteiger partial charge in [0, 0.05) is 44.8 Å². The third-order valence-corrected chi connectivity index (χ3v) is 4.75. The third-order valence-electron chi connectivity index (χ3n) is 4.28. The molecule has 0 aliphatic carbocycles. The Bertz CT molecular complexity index is 1090. The lowest BCUT2D eigenvalue weighted by Crippen LogP contribution is -2.19. The van der Waals surface area contributed by atoms with Gasteiger partial charge >= 0.3 is 0 Å². The fraction of sp³-hybridized carbons (Fsp3) is 0.100. The summed E-state index contributed by atoms with van der Waals surface area (Å²) in [5.74, 6) is 0.391. The van der Waals surface area contributed by atoms with Gasteiger partial charge in [-0.25, -0.2) is 5.43 Å². The molecule has 2 heterocycles. The lowest BCUT2D eigenvalue weighted by molar-refractivity contribution is -0.121. The molecular weight excluding hydrogens is 385 g/mol. The zero-order valence-electron chi connectivity index (χ0n) is 14.2. The highest BCUT2D eigenvalue weighted by atomic mass is 35.5. The normalized spacial score (nSPS) is 11.6. The molecule has 4 aromatic rings. The van der Waals surface area contributed by atoms with Crippen molar-refractivity contribution in [2.45, 2.75) is 13.0 Å². The first-order valence-electron chi connectivity index (χ1n) is 8.34. The summed E-state index contributed by atoms with van der Waals surface area (Å²) in [4.78, 5) is 12.1. The smallest absolute Gasteiger partial charge is 0.241 e. The number of hydrogen-bond donors (Lipinski definition) is 1. The Morgan fingerprint density at radius 3 is 2.33 bits per heavy atom. The summed E-state index contributed by atoms with van der Waals surface area (Å²) in [6.07, 6.45) is 3.28. The number of aryl methyl sites for hydroxylation is 1. The number of carbonyl (C=O) groups is 1. The van der Waals surface area contributed by atoms with Crippen molar-refractivity contribution in [3.8, 4) is 0 Å². The minimum Gasteiger partial charge on any atom is -0.463 e. The van der Waals surface area contributed by atoms with Crippen LogP contribution in [0.15, 0.2) is 64.3 Å². The maximum Gasteiger partial charge on any atom is 0.241 e. The Balaban J connectivity index is 1.56. The molecule has 2 aromatic heterocycles. The second kappa shape index (κ2) is 7.47. The zero-order chi connectivity index (χ0) is 18.8. The second-order valence-corrected chi connectivity index (χ2v) is 6.91. The van der Waals surface area contributed by atoms with Crippen molar-refractivity contribution in [2.24, 2.45) is 5.10 Å². The van der Waals surface area contributed by atoms with Crippen LogP contribution in [0.4, 0.5) is 0 Å². The number of carbonyl (C=O) groups excluding carboxylic acids is 1. The van der Waals surface area contributed by atoms with Gasteiger partial charge in [0.1, 0.15) is 5.76 Å². The van der Waals surface area contributed by atoms with Crippen LogP contribution in [-0.2, 0) is 11.3 Å². The highest BCUT2D eigenvalue weighted by Gasteiger charge is 2.12. The Morgan fingerprint density at radius 2 is 1.74 bits per heavy atom. The summed E-state index contributed by atoms with van der Waals surface area (Å²) in [6.45, 7) is 0.505.